The molecule has 2 fully saturated rings. The zero-order chi connectivity index (χ0) is 11.4. The molecule has 16 heavy (non-hydrogen) atoms. The van der Waals surface area contributed by atoms with E-state index in [1.807, 2.05) is 4.90 Å². The Morgan fingerprint density at radius 2 is 1.75 bits per heavy atom. The van der Waals surface area contributed by atoms with Crippen LogP contribution in [0.5, 0.6) is 0 Å². The Balaban J connectivity index is 1.73. The summed E-state index contributed by atoms with van der Waals surface area (Å²) in [6.07, 6.45) is 7.41. The minimum absolute atomic E-state index is 0.00206. The van der Waals surface area contributed by atoms with Crippen molar-refractivity contribution in [1.29, 1.82) is 0 Å². The van der Waals surface area contributed by atoms with Crippen LogP contribution in [0.15, 0.2) is 0 Å². The fourth-order valence-corrected chi connectivity index (χ4v) is 2.39. The van der Waals surface area contributed by atoms with Crippen molar-refractivity contribution in [2.24, 2.45) is 0 Å². The third kappa shape index (κ3) is 2.88. The van der Waals surface area contributed by atoms with E-state index in [2.05, 4.69) is 5.32 Å². The van der Waals surface area contributed by atoms with E-state index >= 15 is 0 Å². The van der Waals surface area contributed by atoms with Gasteiger partial charge in [0.25, 0.3) is 0 Å². The lowest BCUT2D eigenvalue weighted by atomic mass is 9.80. The Morgan fingerprint density at radius 1 is 1.12 bits per heavy atom. The second-order valence-electron chi connectivity index (χ2n) is 5.14. The van der Waals surface area contributed by atoms with Gasteiger partial charge in [-0.05, 0) is 32.1 Å². The summed E-state index contributed by atoms with van der Waals surface area (Å²) >= 11 is 0. The van der Waals surface area contributed by atoms with E-state index in [1.54, 1.807) is 0 Å². The molecule has 1 aliphatic heterocycles. The van der Waals surface area contributed by atoms with Gasteiger partial charge in [-0.15, -0.1) is 0 Å². The van der Waals surface area contributed by atoms with E-state index in [-0.39, 0.29) is 6.03 Å². The Kier molecular flexibility index (Phi) is 3.69. The van der Waals surface area contributed by atoms with Crippen molar-refractivity contribution in [3.05, 3.63) is 0 Å². The highest BCUT2D eigenvalue weighted by molar-refractivity contribution is 5.74. The SMILES string of the molecule is O=C(NCC1(O)CCC1)N1CCCCCC1. The van der Waals surface area contributed by atoms with Crippen molar-refractivity contribution in [1.82, 2.24) is 10.2 Å². The quantitative estimate of drug-likeness (QED) is 0.749. The van der Waals surface area contributed by atoms with Crippen LogP contribution in [-0.4, -0.2) is 41.3 Å². The van der Waals surface area contributed by atoms with Gasteiger partial charge in [0, 0.05) is 19.6 Å². The number of hydrogen-bond donors (Lipinski definition) is 2. The van der Waals surface area contributed by atoms with Crippen LogP contribution in [-0.2, 0) is 0 Å². The van der Waals surface area contributed by atoms with Gasteiger partial charge in [0.2, 0.25) is 0 Å². The van der Waals surface area contributed by atoms with Crippen molar-refractivity contribution in [3.63, 3.8) is 0 Å². The second kappa shape index (κ2) is 5.04. The van der Waals surface area contributed by atoms with Gasteiger partial charge < -0.3 is 15.3 Å². The fourth-order valence-electron chi connectivity index (χ4n) is 2.39. The first kappa shape index (κ1) is 11.7. The molecule has 0 radical (unpaired) electrons. The molecule has 0 aromatic heterocycles. The van der Waals surface area contributed by atoms with E-state index in [1.165, 1.54) is 12.8 Å². The number of nitrogens with zero attached hydrogens (tertiary/aromatic N) is 1. The van der Waals surface area contributed by atoms with Crippen LogP contribution in [0.25, 0.3) is 0 Å². The molecular formula is C12H22N2O2. The van der Waals surface area contributed by atoms with Crippen molar-refractivity contribution < 1.29 is 9.90 Å². The molecule has 0 unspecified atom stereocenters. The van der Waals surface area contributed by atoms with E-state index in [0.29, 0.717) is 6.54 Å². The third-order valence-electron chi connectivity index (χ3n) is 3.75. The number of rotatable bonds is 2. The first-order valence-corrected chi connectivity index (χ1v) is 6.45. The zero-order valence-corrected chi connectivity index (χ0v) is 9.87. The molecule has 4 heteroatoms. The molecule has 0 aromatic carbocycles. The Labute approximate surface area is 97.0 Å². The molecule has 2 N–H and O–H groups in total. The topological polar surface area (TPSA) is 52.6 Å². The zero-order valence-electron chi connectivity index (χ0n) is 9.87. The summed E-state index contributed by atoms with van der Waals surface area (Å²) in [7, 11) is 0. The average Bonchev–Trinajstić information content (AvgIpc) is 2.51. The number of nitrogens with one attached hydrogen (secondary N) is 1. The number of amides is 2. The lowest BCUT2D eigenvalue weighted by molar-refractivity contribution is -0.0297. The van der Waals surface area contributed by atoms with Crippen LogP contribution in [0.1, 0.15) is 44.9 Å². The number of likely N-dealkylation sites (tertiary alicyclic amines) is 1. The minimum Gasteiger partial charge on any atom is -0.388 e. The summed E-state index contributed by atoms with van der Waals surface area (Å²) in [5.41, 5.74) is -0.610. The Bertz CT molecular complexity index is 243. The minimum atomic E-state index is -0.610. The molecule has 2 rings (SSSR count). The van der Waals surface area contributed by atoms with E-state index in [9.17, 15) is 9.90 Å². The number of hydrogen-bond acceptors (Lipinski definition) is 2. The molecule has 0 bridgehead atoms. The Morgan fingerprint density at radius 3 is 2.25 bits per heavy atom. The maximum atomic E-state index is 11.8. The third-order valence-corrected chi connectivity index (χ3v) is 3.75. The highest BCUT2D eigenvalue weighted by Crippen LogP contribution is 2.30. The number of carbonyl (C=O) groups is 1. The summed E-state index contributed by atoms with van der Waals surface area (Å²) in [6.45, 7) is 2.15. The lowest BCUT2D eigenvalue weighted by Gasteiger charge is -2.37. The lowest BCUT2D eigenvalue weighted by Crippen LogP contribution is -2.51. The summed E-state index contributed by atoms with van der Waals surface area (Å²) in [5, 5.41) is 12.7. The molecule has 0 atom stereocenters. The van der Waals surface area contributed by atoms with Crippen molar-refractivity contribution in [2.45, 2.75) is 50.5 Å². The summed E-state index contributed by atoms with van der Waals surface area (Å²) in [6, 6.07) is 0.00206. The number of urea groups is 1. The van der Waals surface area contributed by atoms with Crippen LogP contribution >= 0.6 is 0 Å². The smallest absolute Gasteiger partial charge is 0.317 e. The van der Waals surface area contributed by atoms with Crippen molar-refractivity contribution >= 4 is 6.03 Å². The van der Waals surface area contributed by atoms with Gasteiger partial charge in [-0.3, -0.25) is 0 Å². The molecule has 0 aromatic rings. The maximum absolute atomic E-state index is 11.8. The average molecular weight is 226 g/mol. The molecule has 1 heterocycles. The van der Waals surface area contributed by atoms with E-state index < -0.39 is 5.60 Å². The first-order valence-electron chi connectivity index (χ1n) is 6.45. The maximum Gasteiger partial charge on any atom is 0.317 e. The van der Waals surface area contributed by atoms with Gasteiger partial charge in [-0.25, -0.2) is 4.79 Å². The molecule has 2 aliphatic rings. The molecule has 1 saturated carbocycles. The van der Waals surface area contributed by atoms with Gasteiger partial charge in [0.15, 0.2) is 0 Å². The predicted molar refractivity (Wildman–Crippen MR) is 62.2 cm³/mol. The molecule has 0 spiro atoms. The monoisotopic (exact) mass is 226 g/mol. The fraction of sp³-hybridized carbons (Fsp3) is 0.917. The predicted octanol–water partition coefficient (Wildman–Crippen LogP) is 1.49. The standard InChI is InChI=1S/C12H22N2O2/c15-11(13-10-12(16)6-5-7-12)14-8-3-1-2-4-9-14/h16H,1-10H2,(H,13,15). The highest BCUT2D eigenvalue weighted by atomic mass is 16.3. The molecular weight excluding hydrogens is 204 g/mol. The van der Waals surface area contributed by atoms with Gasteiger partial charge >= 0.3 is 6.03 Å². The van der Waals surface area contributed by atoms with Gasteiger partial charge in [0.05, 0.1) is 5.60 Å². The molecule has 4 nitrogen and oxygen atoms in total. The Hall–Kier alpha value is -0.770. The van der Waals surface area contributed by atoms with E-state index in [0.717, 1.165) is 45.2 Å². The largest absolute Gasteiger partial charge is 0.388 e. The molecule has 2 amide bonds. The first-order chi connectivity index (χ1) is 7.70. The van der Waals surface area contributed by atoms with Crippen LogP contribution in [0.2, 0.25) is 0 Å². The molecule has 92 valence electrons. The van der Waals surface area contributed by atoms with Crippen LogP contribution in [0, 0.1) is 0 Å². The van der Waals surface area contributed by atoms with Gasteiger partial charge in [-0.1, -0.05) is 12.8 Å². The van der Waals surface area contributed by atoms with Crippen LogP contribution in [0.4, 0.5) is 4.79 Å². The second-order valence-corrected chi connectivity index (χ2v) is 5.14. The van der Waals surface area contributed by atoms with Crippen molar-refractivity contribution in [3.8, 4) is 0 Å². The van der Waals surface area contributed by atoms with Gasteiger partial charge in [0.1, 0.15) is 0 Å². The summed E-state index contributed by atoms with van der Waals surface area (Å²) < 4.78 is 0. The normalized spacial score (nSPS) is 24.4. The highest BCUT2D eigenvalue weighted by Gasteiger charge is 2.34. The van der Waals surface area contributed by atoms with Gasteiger partial charge in [-0.2, -0.15) is 0 Å². The van der Waals surface area contributed by atoms with Crippen molar-refractivity contribution in [2.75, 3.05) is 19.6 Å². The number of aliphatic hydroxyl groups is 1. The summed E-state index contributed by atoms with van der Waals surface area (Å²) in [5.74, 6) is 0. The van der Waals surface area contributed by atoms with E-state index in [4.69, 9.17) is 0 Å². The van der Waals surface area contributed by atoms with Crippen LogP contribution < -0.4 is 5.32 Å². The molecule has 1 aliphatic carbocycles. The van der Waals surface area contributed by atoms with Crippen LogP contribution in [0.3, 0.4) is 0 Å². The molecule has 1 saturated heterocycles. The number of carbonyl (C=O) groups excluding carboxylic acids is 1. The summed E-state index contributed by atoms with van der Waals surface area (Å²) in [4.78, 5) is 13.7.